The van der Waals surface area contributed by atoms with E-state index >= 15 is 0 Å². The normalized spacial score (nSPS) is 12.2. The van der Waals surface area contributed by atoms with Gasteiger partial charge in [-0.15, -0.1) is 0 Å². The first-order valence-electron chi connectivity index (χ1n) is 16.1. The molecule has 0 amide bonds. The van der Waals surface area contributed by atoms with Gasteiger partial charge in [0, 0.05) is 47.6 Å². The molecule has 0 aliphatic rings. The first kappa shape index (κ1) is 26.7. The minimum atomic E-state index is 0.537. The van der Waals surface area contributed by atoms with Gasteiger partial charge in [-0.3, -0.25) is 0 Å². The van der Waals surface area contributed by atoms with Crippen LogP contribution in [0.2, 0.25) is 0 Å². The number of nitrogens with zero attached hydrogens (tertiary/aromatic N) is 3. The molecule has 6 heteroatoms. The van der Waals surface area contributed by atoms with Crippen LogP contribution >= 0.6 is 15.9 Å². The van der Waals surface area contributed by atoms with E-state index in [-0.39, 0.29) is 0 Å². The zero-order valence-electron chi connectivity index (χ0n) is 25.7. The van der Waals surface area contributed by atoms with Crippen molar-refractivity contribution in [2.75, 3.05) is 0 Å². The van der Waals surface area contributed by atoms with E-state index < -0.39 is 0 Å². The molecule has 11 rings (SSSR count). The molecule has 0 bridgehead atoms. The molecule has 0 saturated heterocycles. The maximum absolute atomic E-state index is 11.2. The number of fused-ring (bicyclic) bond motifs is 14. The average Bonchev–Trinajstić information content (AvgIpc) is 3.88. The van der Waals surface area contributed by atoms with Gasteiger partial charge in [0.15, 0.2) is 11.2 Å². The SMILES string of the molecule is N#Cc1c(-n2c3ccccc3c3ccc4c5ccccc5oc4c32)cc(Br)cc1-n1c2ccccc2c2ccc3c4ccccc4oc3c21. The van der Waals surface area contributed by atoms with Crippen molar-refractivity contribution < 1.29 is 8.83 Å². The van der Waals surface area contributed by atoms with Gasteiger partial charge in [-0.25, -0.2) is 0 Å². The van der Waals surface area contributed by atoms with E-state index in [1.165, 1.54) is 0 Å². The predicted octanol–water partition coefficient (Wildman–Crippen LogP) is 12.3. The molecule has 0 saturated carbocycles. The minimum absolute atomic E-state index is 0.537. The fourth-order valence-corrected chi connectivity index (χ4v) is 8.44. The van der Waals surface area contributed by atoms with E-state index in [1.807, 2.05) is 60.7 Å². The Morgan fingerprint density at radius 1 is 0.469 bits per heavy atom. The van der Waals surface area contributed by atoms with Crippen LogP contribution in [0, 0.1) is 11.3 Å². The van der Waals surface area contributed by atoms with E-state index in [2.05, 4.69) is 104 Å². The Kier molecular flexibility index (Phi) is 5.26. The quantitative estimate of drug-likeness (QED) is 0.181. The minimum Gasteiger partial charge on any atom is -0.454 e. The largest absolute Gasteiger partial charge is 0.454 e. The summed E-state index contributed by atoms with van der Waals surface area (Å²) >= 11 is 3.88. The second kappa shape index (κ2) is 9.63. The number of halogens is 1. The molecule has 5 nitrogen and oxygen atoms in total. The van der Waals surface area contributed by atoms with Crippen molar-refractivity contribution in [3.63, 3.8) is 0 Å². The Morgan fingerprint density at radius 3 is 1.35 bits per heavy atom. The molecule has 0 unspecified atom stereocenters. The average molecular weight is 693 g/mol. The lowest BCUT2D eigenvalue weighted by molar-refractivity contribution is 0.671. The number of hydrogen-bond acceptors (Lipinski definition) is 3. The number of nitriles is 1. The lowest BCUT2D eigenvalue weighted by atomic mass is 10.1. The van der Waals surface area contributed by atoms with Gasteiger partial charge in [0.05, 0.1) is 33.4 Å². The molecule has 0 aliphatic heterocycles. The summed E-state index contributed by atoms with van der Waals surface area (Å²) in [4.78, 5) is 0. The zero-order valence-corrected chi connectivity index (χ0v) is 27.3. The Morgan fingerprint density at radius 2 is 0.878 bits per heavy atom. The van der Waals surface area contributed by atoms with Crippen LogP contribution < -0.4 is 0 Å². The van der Waals surface area contributed by atoms with Crippen LogP contribution in [0.5, 0.6) is 0 Å². The monoisotopic (exact) mass is 691 g/mol. The van der Waals surface area contributed by atoms with Crippen molar-refractivity contribution >= 4 is 103 Å². The Hall–Kier alpha value is -6.29. The summed E-state index contributed by atoms with van der Waals surface area (Å²) in [5.41, 5.74) is 9.14. The summed E-state index contributed by atoms with van der Waals surface area (Å²) in [6.45, 7) is 0. The molecule has 0 N–H and O–H groups in total. The highest BCUT2D eigenvalue weighted by molar-refractivity contribution is 9.10. The number of aromatic nitrogens is 2. The van der Waals surface area contributed by atoms with E-state index in [0.29, 0.717) is 5.56 Å². The third-order valence-corrected chi connectivity index (χ3v) is 10.5. The molecule has 4 heterocycles. The molecule has 11 aromatic rings. The van der Waals surface area contributed by atoms with E-state index in [9.17, 15) is 5.26 Å². The highest BCUT2D eigenvalue weighted by Crippen LogP contribution is 2.44. The summed E-state index contributed by atoms with van der Waals surface area (Å²) in [7, 11) is 0. The molecule has 0 fully saturated rings. The maximum atomic E-state index is 11.2. The van der Waals surface area contributed by atoms with Crippen LogP contribution in [0.3, 0.4) is 0 Å². The van der Waals surface area contributed by atoms with Crippen molar-refractivity contribution in [1.82, 2.24) is 9.13 Å². The van der Waals surface area contributed by atoms with Gasteiger partial charge in [0.25, 0.3) is 0 Å². The number of benzene rings is 7. The van der Waals surface area contributed by atoms with Crippen LogP contribution in [-0.2, 0) is 0 Å². The van der Waals surface area contributed by atoms with E-state index in [1.54, 1.807) is 0 Å². The van der Waals surface area contributed by atoms with E-state index in [0.717, 1.165) is 103 Å². The topological polar surface area (TPSA) is 59.9 Å². The van der Waals surface area contributed by atoms with Gasteiger partial charge in [-0.05, 0) is 48.5 Å². The van der Waals surface area contributed by atoms with Crippen molar-refractivity contribution in [3.8, 4) is 17.4 Å². The summed E-state index contributed by atoms with van der Waals surface area (Å²) in [6, 6.07) is 48.4. The van der Waals surface area contributed by atoms with Crippen LogP contribution in [0.4, 0.5) is 0 Å². The highest BCUT2D eigenvalue weighted by Gasteiger charge is 2.25. The zero-order chi connectivity index (χ0) is 32.4. The van der Waals surface area contributed by atoms with Gasteiger partial charge >= 0.3 is 0 Å². The molecule has 4 aromatic heterocycles. The standard InChI is InChI=1S/C43H22BrN3O2/c44-24-21-36(46-34-13-5-1-9-25(34)29-17-19-31-27-11-3-7-15-38(27)48-42(31)40(29)46)33(23-45)37(22-24)47-35-14-6-2-10-26(35)30-18-20-32-28-12-4-8-16-39(28)49-43(32)41(30)47/h1-22H. The molecule has 0 radical (unpaired) electrons. The van der Waals surface area contributed by atoms with Crippen molar-refractivity contribution in [3.05, 3.63) is 143 Å². The van der Waals surface area contributed by atoms with Gasteiger partial charge in [0.2, 0.25) is 0 Å². The highest BCUT2D eigenvalue weighted by atomic mass is 79.9. The van der Waals surface area contributed by atoms with Gasteiger partial charge in [0.1, 0.15) is 22.8 Å². The Bertz CT molecular complexity index is 3050. The van der Waals surface area contributed by atoms with Crippen LogP contribution in [0.15, 0.2) is 147 Å². The Balaban J connectivity index is 1.33. The third-order valence-electron chi connectivity index (χ3n) is 10.0. The molecule has 49 heavy (non-hydrogen) atoms. The van der Waals surface area contributed by atoms with Crippen LogP contribution in [0.1, 0.15) is 5.56 Å². The summed E-state index contributed by atoms with van der Waals surface area (Å²) in [6.07, 6.45) is 0. The fourth-order valence-electron chi connectivity index (χ4n) is 8.01. The summed E-state index contributed by atoms with van der Waals surface area (Å²) in [5.74, 6) is 0. The molecule has 228 valence electrons. The molecule has 0 aliphatic carbocycles. The summed E-state index contributed by atoms with van der Waals surface area (Å²) in [5, 5.41) is 19.7. The molecule has 0 atom stereocenters. The van der Waals surface area contributed by atoms with Gasteiger partial charge < -0.3 is 18.0 Å². The molecule has 0 spiro atoms. The predicted molar refractivity (Wildman–Crippen MR) is 202 cm³/mol. The lowest BCUT2D eigenvalue weighted by Gasteiger charge is -2.17. The van der Waals surface area contributed by atoms with Crippen molar-refractivity contribution in [1.29, 1.82) is 5.26 Å². The van der Waals surface area contributed by atoms with Crippen molar-refractivity contribution in [2.24, 2.45) is 0 Å². The second-order valence-electron chi connectivity index (χ2n) is 12.5. The molecular weight excluding hydrogens is 670 g/mol. The summed E-state index contributed by atoms with van der Waals surface area (Å²) < 4.78 is 18.5. The maximum Gasteiger partial charge on any atom is 0.160 e. The third kappa shape index (κ3) is 3.47. The van der Waals surface area contributed by atoms with Gasteiger partial charge in [-0.2, -0.15) is 5.26 Å². The second-order valence-corrected chi connectivity index (χ2v) is 13.4. The van der Waals surface area contributed by atoms with E-state index in [4.69, 9.17) is 8.83 Å². The first-order valence-corrected chi connectivity index (χ1v) is 16.9. The smallest absolute Gasteiger partial charge is 0.160 e. The fraction of sp³-hybridized carbons (Fsp3) is 0. The molecular formula is C43H22BrN3O2. The lowest BCUT2D eigenvalue weighted by Crippen LogP contribution is -2.04. The Labute approximate surface area is 286 Å². The van der Waals surface area contributed by atoms with Crippen LogP contribution in [-0.4, -0.2) is 9.13 Å². The number of para-hydroxylation sites is 4. The molecule has 7 aromatic carbocycles. The number of rotatable bonds is 2. The first-order chi connectivity index (χ1) is 24.2. The van der Waals surface area contributed by atoms with Crippen molar-refractivity contribution in [2.45, 2.75) is 0 Å². The number of furan rings is 2. The van der Waals surface area contributed by atoms with Crippen LogP contribution in [0.25, 0.3) is 98.9 Å². The van der Waals surface area contributed by atoms with Gasteiger partial charge in [-0.1, -0.05) is 101 Å². The number of hydrogen-bond donors (Lipinski definition) is 0.